The number of nitrogens with two attached hydrogens (primary N) is 1. The van der Waals surface area contributed by atoms with E-state index in [2.05, 4.69) is 21.4 Å². The lowest BCUT2D eigenvalue weighted by Gasteiger charge is -2.03. The van der Waals surface area contributed by atoms with E-state index in [0.717, 1.165) is 21.6 Å². The number of anilines is 1. The molecule has 0 fully saturated rings. The van der Waals surface area contributed by atoms with Gasteiger partial charge in [0.1, 0.15) is 11.4 Å². The molecule has 84 valence electrons. The molecule has 0 unspecified atom stereocenters. The Labute approximate surface area is 107 Å². The van der Waals surface area contributed by atoms with Crippen molar-refractivity contribution in [2.24, 2.45) is 0 Å². The molecule has 0 atom stereocenters. The van der Waals surface area contributed by atoms with E-state index in [1.807, 2.05) is 24.3 Å². The number of hydrogen-bond donors (Lipinski definition) is 1. The lowest BCUT2D eigenvalue weighted by Crippen LogP contribution is -1.89. The molecule has 3 aromatic rings. The molecule has 17 heavy (non-hydrogen) atoms. The second-order valence-corrected chi connectivity index (χ2v) is 5.73. The second kappa shape index (κ2) is 4.35. The van der Waals surface area contributed by atoms with E-state index in [1.165, 1.54) is 4.21 Å². The molecule has 1 aromatic carbocycles. The van der Waals surface area contributed by atoms with Crippen LogP contribution >= 0.6 is 23.1 Å². The van der Waals surface area contributed by atoms with Crippen molar-refractivity contribution in [3.05, 3.63) is 42.0 Å². The minimum atomic E-state index is 0.725. The maximum atomic E-state index is 5.74. The summed E-state index contributed by atoms with van der Waals surface area (Å²) in [6, 6.07) is 9.84. The fourth-order valence-electron chi connectivity index (χ4n) is 1.55. The highest BCUT2D eigenvalue weighted by atomic mass is 32.2. The third-order valence-electron chi connectivity index (χ3n) is 2.32. The van der Waals surface area contributed by atoms with E-state index in [4.69, 9.17) is 5.73 Å². The fourth-order valence-corrected chi connectivity index (χ4v) is 3.31. The molecule has 3 nitrogen and oxygen atoms in total. The lowest BCUT2D eigenvalue weighted by molar-refractivity contribution is 1.10. The molecule has 2 heterocycles. The molecule has 2 N–H and O–H groups in total. The highest BCUT2D eigenvalue weighted by Gasteiger charge is 2.06. The molecule has 0 aliphatic heterocycles. The monoisotopic (exact) mass is 259 g/mol. The number of nitrogens with zero attached hydrogens (tertiary/aromatic N) is 2. The van der Waals surface area contributed by atoms with E-state index in [1.54, 1.807) is 29.4 Å². The molecule has 0 radical (unpaired) electrons. The summed E-state index contributed by atoms with van der Waals surface area (Å²) in [5.41, 5.74) is 7.36. The Hall–Kier alpha value is -1.59. The number of nitrogen functional groups attached to an aromatic ring is 1. The summed E-state index contributed by atoms with van der Waals surface area (Å²) in [5, 5.41) is 4.07. The molecule has 0 aliphatic rings. The van der Waals surface area contributed by atoms with Gasteiger partial charge in [-0.05, 0) is 29.6 Å². The van der Waals surface area contributed by atoms with Gasteiger partial charge in [0, 0.05) is 11.1 Å². The van der Waals surface area contributed by atoms with Gasteiger partial charge >= 0.3 is 0 Å². The summed E-state index contributed by atoms with van der Waals surface area (Å²) in [7, 11) is 0. The first-order valence-corrected chi connectivity index (χ1v) is 6.74. The average molecular weight is 259 g/mol. The Morgan fingerprint density at radius 1 is 1.18 bits per heavy atom. The van der Waals surface area contributed by atoms with E-state index in [0.29, 0.717) is 0 Å². The Morgan fingerprint density at radius 2 is 2.12 bits per heavy atom. The van der Waals surface area contributed by atoms with Crippen LogP contribution in [0, 0.1) is 0 Å². The Balaban J connectivity index is 2.10. The highest BCUT2D eigenvalue weighted by Crippen LogP contribution is 2.33. The van der Waals surface area contributed by atoms with Gasteiger partial charge in [0.25, 0.3) is 0 Å². The molecular weight excluding hydrogens is 250 g/mol. The zero-order valence-electron chi connectivity index (χ0n) is 8.83. The van der Waals surface area contributed by atoms with Crippen LogP contribution in [0.1, 0.15) is 0 Å². The predicted molar refractivity (Wildman–Crippen MR) is 72.4 cm³/mol. The van der Waals surface area contributed by atoms with Crippen LogP contribution in [0.2, 0.25) is 0 Å². The van der Waals surface area contributed by atoms with Crippen molar-refractivity contribution in [3.8, 4) is 0 Å². The lowest BCUT2D eigenvalue weighted by atomic mass is 10.2. The van der Waals surface area contributed by atoms with Crippen LogP contribution in [0.3, 0.4) is 0 Å². The topological polar surface area (TPSA) is 51.8 Å². The molecule has 0 spiro atoms. The van der Waals surface area contributed by atoms with Gasteiger partial charge in [-0.1, -0.05) is 17.8 Å². The largest absolute Gasteiger partial charge is 0.399 e. The maximum Gasteiger partial charge on any atom is 0.117 e. The summed E-state index contributed by atoms with van der Waals surface area (Å²) in [4.78, 5) is 8.56. The average Bonchev–Trinajstić information content (AvgIpc) is 2.82. The van der Waals surface area contributed by atoms with Gasteiger partial charge in [0.05, 0.1) is 9.73 Å². The Bertz CT molecular complexity index is 650. The van der Waals surface area contributed by atoms with Gasteiger partial charge in [-0.2, -0.15) is 0 Å². The Morgan fingerprint density at radius 3 is 2.94 bits per heavy atom. The van der Waals surface area contributed by atoms with Crippen LogP contribution in [-0.2, 0) is 0 Å². The van der Waals surface area contributed by atoms with Crippen molar-refractivity contribution in [2.75, 3.05) is 5.73 Å². The zero-order chi connectivity index (χ0) is 11.7. The molecular formula is C12H9N3S2. The van der Waals surface area contributed by atoms with E-state index < -0.39 is 0 Å². The molecule has 0 saturated heterocycles. The van der Waals surface area contributed by atoms with Crippen LogP contribution in [0.4, 0.5) is 5.69 Å². The fraction of sp³-hybridized carbons (Fsp3) is 0. The van der Waals surface area contributed by atoms with Gasteiger partial charge in [0.2, 0.25) is 0 Å². The van der Waals surface area contributed by atoms with Gasteiger partial charge in [-0.3, -0.25) is 0 Å². The Kier molecular flexibility index (Phi) is 2.70. The minimum absolute atomic E-state index is 0.725. The molecule has 2 aromatic heterocycles. The van der Waals surface area contributed by atoms with Crippen molar-refractivity contribution in [1.29, 1.82) is 0 Å². The highest BCUT2D eigenvalue weighted by molar-refractivity contribution is 8.01. The van der Waals surface area contributed by atoms with Crippen molar-refractivity contribution in [3.63, 3.8) is 0 Å². The molecule has 0 aliphatic carbocycles. The van der Waals surface area contributed by atoms with Gasteiger partial charge in [-0.15, -0.1) is 11.3 Å². The van der Waals surface area contributed by atoms with Crippen LogP contribution in [0.5, 0.6) is 0 Å². The van der Waals surface area contributed by atoms with Crippen molar-refractivity contribution < 1.29 is 0 Å². The van der Waals surface area contributed by atoms with Gasteiger partial charge in [-0.25, -0.2) is 9.97 Å². The number of thiophene rings is 1. The van der Waals surface area contributed by atoms with Gasteiger partial charge < -0.3 is 5.73 Å². The smallest absolute Gasteiger partial charge is 0.117 e. The van der Waals surface area contributed by atoms with Crippen LogP contribution < -0.4 is 5.73 Å². The predicted octanol–water partition coefficient (Wildman–Crippen LogP) is 3.42. The summed E-state index contributed by atoms with van der Waals surface area (Å²) >= 11 is 3.36. The zero-order valence-corrected chi connectivity index (χ0v) is 10.5. The van der Waals surface area contributed by atoms with E-state index in [-0.39, 0.29) is 0 Å². The summed E-state index contributed by atoms with van der Waals surface area (Å²) in [6.45, 7) is 0. The number of aromatic nitrogens is 2. The summed E-state index contributed by atoms with van der Waals surface area (Å²) < 4.78 is 1.22. The normalized spacial score (nSPS) is 10.8. The summed E-state index contributed by atoms with van der Waals surface area (Å²) in [5.74, 6) is 0. The third-order valence-corrected chi connectivity index (χ3v) is 4.37. The van der Waals surface area contributed by atoms with Crippen molar-refractivity contribution in [2.45, 2.75) is 9.24 Å². The number of hydrogen-bond acceptors (Lipinski definition) is 5. The minimum Gasteiger partial charge on any atom is -0.399 e. The number of fused-ring (bicyclic) bond motifs is 1. The van der Waals surface area contributed by atoms with Crippen LogP contribution in [-0.4, -0.2) is 9.97 Å². The molecule has 0 amide bonds. The summed E-state index contributed by atoms with van der Waals surface area (Å²) in [6.07, 6.45) is 1.58. The molecule has 3 rings (SSSR count). The second-order valence-electron chi connectivity index (χ2n) is 3.49. The first kappa shape index (κ1) is 10.6. The SMILES string of the molecule is Nc1ccc2c(Sc3cccs3)ncnc2c1. The van der Waals surface area contributed by atoms with Gasteiger partial charge in [0.15, 0.2) is 0 Å². The van der Waals surface area contributed by atoms with Crippen LogP contribution in [0.15, 0.2) is 51.3 Å². The quantitative estimate of drug-likeness (QED) is 0.566. The van der Waals surface area contributed by atoms with Crippen molar-refractivity contribution in [1.82, 2.24) is 9.97 Å². The number of benzene rings is 1. The molecule has 0 saturated carbocycles. The molecule has 5 heteroatoms. The first-order valence-electron chi connectivity index (χ1n) is 5.04. The standard InChI is InChI=1S/C12H9N3S2/c13-8-3-4-9-10(6-8)14-7-15-12(9)17-11-2-1-5-16-11/h1-7H,13H2. The van der Waals surface area contributed by atoms with Crippen molar-refractivity contribution >= 4 is 39.7 Å². The van der Waals surface area contributed by atoms with Crippen LogP contribution in [0.25, 0.3) is 10.9 Å². The number of rotatable bonds is 2. The van der Waals surface area contributed by atoms with E-state index in [9.17, 15) is 0 Å². The third kappa shape index (κ3) is 2.11. The maximum absolute atomic E-state index is 5.74. The first-order chi connectivity index (χ1) is 8.33. The van der Waals surface area contributed by atoms with E-state index >= 15 is 0 Å². The molecule has 0 bridgehead atoms.